The molecule has 0 amide bonds. The summed E-state index contributed by atoms with van der Waals surface area (Å²) in [6, 6.07) is 2.25. The van der Waals surface area contributed by atoms with Crippen LogP contribution in [-0.2, 0) is 19.4 Å². The third kappa shape index (κ3) is 5.91. The zero-order valence-electron chi connectivity index (χ0n) is 13.9. The number of rotatable bonds is 9. The average Bonchev–Trinajstić information content (AvgIpc) is 2.80. The molecular weight excluding hydrogens is 246 g/mol. The molecule has 1 heterocycles. The van der Waals surface area contributed by atoms with Crippen molar-refractivity contribution in [3.63, 3.8) is 0 Å². The quantitative estimate of drug-likeness (QED) is 0.552. The van der Waals surface area contributed by atoms with E-state index >= 15 is 0 Å². The first-order chi connectivity index (χ1) is 9.56. The molecule has 0 saturated heterocycles. The molecule has 0 atom stereocenters. The van der Waals surface area contributed by atoms with Crippen LogP contribution in [0, 0.1) is 5.92 Å². The van der Waals surface area contributed by atoms with Crippen LogP contribution in [0.15, 0.2) is 17.7 Å². The lowest BCUT2D eigenvalue weighted by Crippen LogP contribution is -2.20. The Balaban J connectivity index is 2.44. The summed E-state index contributed by atoms with van der Waals surface area (Å²) in [5, 5.41) is 8.08. The second kappa shape index (κ2) is 8.96. The van der Waals surface area contributed by atoms with Crippen LogP contribution in [0.1, 0.15) is 52.4 Å². The van der Waals surface area contributed by atoms with Gasteiger partial charge in [-0.25, -0.2) is 0 Å². The van der Waals surface area contributed by atoms with E-state index in [1.807, 2.05) is 0 Å². The molecule has 0 aromatic carbocycles. The summed E-state index contributed by atoms with van der Waals surface area (Å²) in [7, 11) is 0. The number of nitrogens with one attached hydrogen (secondary N) is 1. The summed E-state index contributed by atoms with van der Waals surface area (Å²) in [6.45, 7) is 14.2. The molecule has 0 aliphatic heterocycles. The lowest BCUT2D eigenvalue weighted by atomic mass is 10.1. The standard InChI is InChI=1S/C17H31N3/c1-6-16-12-17(20(7-2)19-16)11-15(5)9-8-10-18-13-14(3)4/h9,12,14,18H,6-8,10-11,13H2,1-5H3. The molecule has 1 aromatic rings. The Morgan fingerprint density at radius 2 is 2.15 bits per heavy atom. The van der Waals surface area contributed by atoms with Crippen molar-refractivity contribution in [3.8, 4) is 0 Å². The molecule has 0 bridgehead atoms. The van der Waals surface area contributed by atoms with Crippen LogP contribution in [0.5, 0.6) is 0 Å². The maximum Gasteiger partial charge on any atom is 0.0624 e. The minimum atomic E-state index is 0.728. The molecule has 0 spiro atoms. The maximum absolute atomic E-state index is 4.61. The van der Waals surface area contributed by atoms with Gasteiger partial charge < -0.3 is 5.32 Å². The highest BCUT2D eigenvalue weighted by Crippen LogP contribution is 2.11. The topological polar surface area (TPSA) is 29.9 Å². The van der Waals surface area contributed by atoms with Gasteiger partial charge in [0.15, 0.2) is 0 Å². The van der Waals surface area contributed by atoms with Crippen LogP contribution in [0.4, 0.5) is 0 Å². The van der Waals surface area contributed by atoms with Gasteiger partial charge in [0.05, 0.1) is 5.69 Å². The number of nitrogens with zero attached hydrogens (tertiary/aromatic N) is 2. The van der Waals surface area contributed by atoms with Crippen molar-refractivity contribution in [3.05, 3.63) is 29.1 Å². The Morgan fingerprint density at radius 3 is 2.75 bits per heavy atom. The first-order valence-corrected chi connectivity index (χ1v) is 7.98. The van der Waals surface area contributed by atoms with Crippen molar-refractivity contribution in [2.45, 2.75) is 60.4 Å². The molecule has 114 valence electrons. The average molecular weight is 277 g/mol. The second-order valence-electron chi connectivity index (χ2n) is 5.91. The van der Waals surface area contributed by atoms with E-state index in [1.165, 1.54) is 17.0 Å². The smallest absolute Gasteiger partial charge is 0.0624 e. The maximum atomic E-state index is 4.61. The highest BCUT2D eigenvalue weighted by molar-refractivity contribution is 5.17. The van der Waals surface area contributed by atoms with E-state index < -0.39 is 0 Å². The third-order valence-electron chi connectivity index (χ3n) is 3.40. The summed E-state index contributed by atoms with van der Waals surface area (Å²) in [5.74, 6) is 0.728. The highest BCUT2D eigenvalue weighted by atomic mass is 15.3. The monoisotopic (exact) mass is 277 g/mol. The molecule has 1 aromatic heterocycles. The first-order valence-electron chi connectivity index (χ1n) is 7.98. The number of allylic oxidation sites excluding steroid dienone is 1. The Kier molecular flexibility index (Phi) is 7.60. The van der Waals surface area contributed by atoms with Crippen LogP contribution in [-0.4, -0.2) is 22.9 Å². The predicted octanol–water partition coefficient (Wildman–Crippen LogP) is 3.59. The molecule has 0 unspecified atom stereocenters. The van der Waals surface area contributed by atoms with Crippen LogP contribution in [0.2, 0.25) is 0 Å². The van der Waals surface area contributed by atoms with Gasteiger partial charge in [-0.05, 0) is 51.8 Å². The van der Waals surface area contributed by atoms with Gasteiger partial charge >= 0.3 is 0 Å². The Bertz CT molecular complexity index is 416. The van der Waals surface area contributed by atoms with Crippen LogP contribution < -0.4 is 5.32 Å². The van der Waals surface area contributed by atoms with Crippen molar-refractivity contribution in [1.29, 1.82) is 0 Å². The molecule has 1 N–H and O–H groups in total. The van der Waals surface area contributed by atoms with Crippen molar-refractivity contribution in [1.82, 2.24) is 15.1 Å². The fourth-order valence-corrected chi connectivity index (χ4v) is 2.27. The van der Waals surface area contributed by atoms with Gasteiger partial charge in [-0.2, -0.15) is 5.10 Å². The molecule has 3 nitrogen and oxygen atoms in total. The first kappa shape index (κ1) is 17.0. The van der Waals surface area contributed by atoms with Crippen LogP contribution in [0.25, 0.3) is 0 Å². The van der Waals surface area contributed by atoms with Crippen molar-refractivity contribution in [2.24, 2.45) is 5.92 Å². The van der Waals surface area contributed by atoms with Crippen LogP contribution in [0.3, 0.4) is 0 Å². The summed E-state index contributed by atoms with van der Waals surface area (Å²) >= 11 is 0. The summed E-state index contributed by atoms with van der Waals surface area (Å²) in [5.41, 5.74) is 3.98. The number of aryl methyl sites for hydroxylation is 2. The predicted molar refractivity (Wildman–Crippen MR) is 87.1 cm³/mol. The molecule has 20 heavy (non-hydrogen) atoms. The Morgan fingerprint density at radius 1 is 1.40 bits per heavy atom. The molecule has 1 rings (SSSR count). The summed E-state index contributed by atoms with van der Waals surface area (Å²) in [4.78, 5) is 0. The van der Waals surface area contributed by atoms with E-state index in [1.54, 1.807) is 0 Å². The van der Waals surface area contributed by atoms with Gasteiger partial charge in [-0.3, -0.25) is 4.68 Å². The van der Waals surface area contributed by atoms with E-state index in [-0.39, 0.29) is 0 Å². The van der Waals surface area contributed by atoms with Gasteiger partial charge in [0.1, 0.15) is 0 Å². The van der Waals surface area contributed by atoms with E-state index in [9.17, 15) is 0 Å². The molecule has 0 radical (unpaired) electrons. The van der Waals surface area contributed by atoms with Crippen molar-refractivity contribution >= 4 is 0 Å². The van der Waals surface area contributed by atoms with Gasteiger partial charge in [0, 0.05) is 18.7 Å². The Hall–Kier alpha value is -1.09. The highest BCUT2D eigenvalue weighted by Gasteiger charge is 2.05. The normalized spacial score (nSPS) is 12.4. The van der Waals surface area contributed by atoms with Crippen molar-refractivity contribution in [2.75, 3.05) is 13.1 Å². The van der Waals surface area contributed by atoms with Crippen molar-refractivity contribution < 1.29 is 0 Å². The van der Waals surface area contributed by atoms with Gasteiger partial charge in [-0.15, -0.1) is 0 Å². The molecule has 0 aliphatic carbocycles. The molecule has 0 saturated carbocycles. The van der Waals surface area contributed by atoms with E-state index in [0.717, 1.165) is 44.8 Å². The molecule has 0 aliphatic rings. The Labute approximate surface area is 124 Å². The zero-order valence-corrected chi connectivity index (χ0v) is 13.9. The lowest BCUT2D eigenvalue weighted by molar-refractivity contribution is 0.556. The molecular formula is C17H31N3. The minimum Gasteiger partial charge on any atom is -0.316 e. The zero-order chi connectivity index (χ0) is 15.0. The number of hydrogen-bond acceptors (Lipinski definition) is 2. The fraction of sp³-hybridized carbons (Fsp3) is 0.706. The van der Waals surface area contributed by atoms with E-state index in [2.05, 4.69) is 61.9 Å². The van der Waals surface area contributed by atoms with Gasteiger partial charge in [0.25, 0.3) is 0 Å². The summed E-state index contributed by atoms with van der Waals surface area (Å²) < 4.78 is 2.13. The lowest BCUT2D eigenvalue weighted by Gasteiger charge is -2.07. The fourth-order valence-electron chi connectivity index (χ4n) is 2.27. The second-order valence-corrected chi connectivity index (χ2v) is 5.91. The van der Waals surface area contributed by atoms with E-state index in [4.69, 9.17) is 0 Å². The molecule has 0 fully saturated rings. The van der Waals surface area contributed by atoms with Gasteiger partial charge in [0.2, 0.25) is 0 Å². The van der Waals surface area contributed by atoms with E-state index in [0.29, 0.717) is 0 Å². The largest absolute Gasteiger partial charge is 0.316 e. The molecule has 3 heteroatoms. The number of hydrogen-bond donors (Lipinski definition) is 1. The SMILES string of the molecule is CCc1cc(CC(C)=CCCNCC(C)C)n(CC)n1. The third-order valence-corrected chi connectivity index (χ3v) is 3.40. The minimum absolute atomic E-state index is 0.728. The summed E-state index contributed by atoms with van der Waals surface area (Å²) in [6.07, 6.45) is 5.50. The van der Waals surface area contributed by atoms with Crippen LogP contribution >= 0.6 is 0 Å². The van der Waals surface area contributed by atoms with Gasteiger partial charge in [-0.1, -0.05) is 32.4 Å². The number of aromatic nitrogens is 2.